The predicted octanol–water partition coefficient (Wildman–Crippen LogP) is 2.01. The molecule has 0 atom stereocenters. The topological polar surface area (TPSA) is 33.3 Å². The van der Waals surface area contributed by atoms with Crippen LogP contribution in [0.2, 0.25) is 0 Å². The van der Waals surface area contributed by atoms with Gasteiger partial charge in [-0.15, -0.1) is 0 Å². The summed E-state index contributed by atoms with van der Waals surface area (Å²) in [6, 6.07) is 4.19. The first-order valence-corrected chi connectivity index (χ1v) is 6.19. The number of methoxy groups -OCH3 is 1. The number of ether oxygens (including phenoxy) is 1. The molecule has 0 aliphatic rings. The lowest BCUT2D eigenvalue weighted by molar-refractivity contribution is 0.411. The Bertz CT molecular complexity index is 350. The van der Waals surface area contributed by atoms with Crippen LogP contribution in [0.15, 0.2) is 12.1 Å². The second-order valence-electron chi connectivity index (χ2n) is 4.31. The van der Waals surface area contributed by atoms with Crippen molar-refractivity contribution in [2.24, 2.45) is 0 Å². The molecule has 96 valence electrons. The van der Waals surface area contributed by atoms with Crippen molar-refractivity contribution in [2.75, 3.05) is 27.2 Å². The molecule has 3 nitrogen and oxygen atoms in total. The Labute approximate surface area is 105 Å². The van der Waals surface area contributed by atoms with Gasteiger partial charge in [-0.3, -0.25) is 0 Å². The molecule has 0 aliphatic carbocycles. The van der Waals surface area contributed by atoms with E-state index in [0.29, 0.717) is 0 Å². The minimum absolute atomic E-state index is 0.931. The number of rotatable bonds is 7. The molecule has 0 saturated carbocycles. The van der Waals surface area contributed by atoms with E-state index in [1.807, 2.05) is 13.1 Å². The molecule has 1 aromatic rings. The molecular formula is C14H24N2O. The Balaban J connectivity index is 2.51. The van der Waals surface area contributed by atoms with Crippen LogP contribution in [0, 0.1) is 13.8 Å². The Morgan fingerprint density at radius 3 is 2.53 bits per heavy atom. The fourth-order valence-electron chi connectivity index (χ4n) is 1.88. The first kappa shape index (κ1) is 14.0. The van der Waals surface area contributed by atoms with Crippen LogP contribution in [0.3, 0.4) is 0 Å². The highest BCUT2D eigenvalue weighted by molar-refractivity contribution is 5.43. The fraction of sp³-hybridized carbons (Fsp3) is 0.571. The molecule has 0 unspecified atom stereocenters. The van der Waals surface area contributed by atoms with Crippen LogP contribution in [0.5, 0.6) is 5.75 Å². The molecule has 0 amide bonds. The van der Waals surface area contributed by atoms with Crippen LogP contribution >= 0.6 is 0 Å². The summed E-state index contributed by atoms with van der Waals surface area (Å²) in [5, 5.41) is 6.61. The Morgan fingerprint density at radius 2 is 1.88 bits per heavy atom. The maximum atomic E-state index is 5.31. The zero-order valence-electron chi connectivity index (χ0n) is 11.4. The molecule has 0 heterocycles. The van der Waals surface area contributed by atoms with Gasteiger partial charge in [-0.2, -0.15) is 0 Å². The van der Waals surface area contributed by atoms with Crippen molar-refractivity contribution in [1.82, 2.24) is 10.6 Å². The first-order chi connectivity index (χ1) is 8.20. The van der Waals surface area contributed by atoms with Crippen molar-refractivity contribution >= 4 is 0 Å². The largest absolute Gasteiger partial charge is 0.496 e. The third kappa shape index (κ3) is 4.02. The van der Waals surface area contributed by atoms with Crippen molar-refractivity contribution in [3.63, 3.8) is 0 Å². The number of hydrogen-bond acceptors (Lipinski definition) is 3. The van der Waals surface area contributed by atoms with Crippen LogP contribution in [0.4, 0.5) is 0 Å². The lowest BCUT2D eigenvalue weighted by Gasteiger charge is -2.13. The third-order valence-electron chi connectivity index (χ3n) is 3.17. The van der Waals surface area contributed by atoms with E-state index in [2.05, 4.69) is 30.5 Å². The molecule has 0 aromatic heterocycles. The highest BCUT2D eigenvalue weighted by atomic mass is 16.5. The van der Waals surface area contributed by atoms with Crippen molar-refractivity contribution in [3.8, 4) is 5.75 Å². The van der Waals surface area contributed by atoms with Crippen molar-refractivity contribution in [1.29, 1.82) is 0 Å². The van der Waals surface area contributed by atoms with Crippen LogP contribution in [0.1, 0.15) is 23.1 Å². The minimum Gasteiger partial charge on any atom is -0.496 e. The molecule has 0 radical (unpaired) electrons. The number of benzene rings is 1. The van der Waals surface area contributed by atoms with Gasteiger partial charge in [0.2, 0.25) is 0 Å². The van der Waals surface area contributed by atoms with E-state index < -0.39 is 0 Å². The maximum absolute atomic E-state index is 5.31. The molecule has 0 fully saturated rings. The van der Waals surface area contributed by atoms with Gasteiger partial charge in [0.15, 0.2) is 0 Å². The summed E-state index contributed by atoms with van der Waals surface area (Å²) in [6.45, 7) is 7.31. The van der Waals surface area contributed by atoms with Crippen LogP contribution in [-0.2, 0) is 6.54 Å². The summed E-state index contributed by atoms with van der Waals surface area (Å²) in [4.78, 5) is 0. The van der Waals surface area contributed by atoms with E-state index in [1.165, 1.54) is 16.7 Å². The van der Waals surface area contributed by atoms with E-state index >= 15 is 0 Å². The van der Waals surface area contributed by atoms with Gasteiger partial charge in [0.05, 0.1) is 7.11 Å². The molecule has 0 spiro atoms. The molecule has 1 aromatic carbocycles. The van der Waals surface area contributed by atoms with E-state index in [0.717, 1.165) is 31.8 Å². The fourth-order valence-corrected chi connectivity index (χ4v) is 1.88. The van der Waals surface area contributed by atoms with Gasteiger partial charge < -0.3 is 15.4 Å². The van der Waals surface area contributed by atoms with Gasteiger partial charge in [0.25, 0.3) is 0 Å². The van der Waals surface area contributed by atoms with E-state index in [9.17, 15) is 0 Å². The van der Waals surface area contributed by atoms with Gasteiger partial charge in [-0.25, -0.2) is 0 Å². The summed E-state index contributed by atoms with van der Waals surface area (Å²) in [6.07, 6.45) is 1.16. The van der Waals surface area contributed by atoms with Crippen molar-refractivity contribution in [3.05, 3.63) is 28.8 Å². The number of nitrogens with one attached hydrogen (secondary N) is 2. The minimum atomic E-state index is 0.931. The Kier molecular flexibility index (Phi) is 6.01. The van der Waals surface area contributed by atoms with Crippen molar-refractivity contribution < 1.29 is 4.74 Å². The summed E-state index contributed by atoms with van der Waals surface area (Å²) in [5.74, 6) is 0.974. The van der Waals surface area contributed by atoms with Crippen LogP contribution in [0.25, 0.3) is 0 Å². The summed E-state index contributed by atoms with van der Waals surface area (Å²) < 4.78 is 5.31. The normalized spacial score (nSPS) is 10.6. The zero-order chi connectivity index (χ0) is 12.7. The smallest absolute Gasteiger partial charge is 0.122 e. The monoisotopic (exact) mass is 236 g/mol. The van der Waals surface area contributed by atoms with E-state index in [1.54, 1.807) is 7.11 Å². The van der Waals surface area contributed by atoms with Gasteiger partial charge in [-0.05, 0) is 63.2 Å². The third-order valence-corrected chi connectivity index (χ3v) is 3.17. The maximum Gasteiger partial charge on any atom is 0.122 e. The van der Waals surface area contributed by atoms with E-state index in [-0.39, 0.29) is 0 Å². The standard InChI is InChI=1S/C14H24N2O/c1-11-12(2)14(17-4)7-6-13(11)10-16-9-5-8-15-3/h6-7,15-16H,5,8-10H2,1-4H3. The van der Waals surface area contributed by atoms with Gasteiger partial charge in [0, 0.05) is 6.54 Å². The molecule has 0 bridgehead atoms. The zero-order valence-corrected chi connectivity index (χ0v) is 11.4. The highest BCUT2D eigenvalue weighted by Gasteiger charge is 2.05. The first-order valence-electron chi connectivity index (χ1n) is 6.19. The van der Waals surface area contributed by atoms with Crippen molar-refractivity contribution in [2.45, 2.75) is 26.8 Å². The molecular weight excluding hydrogens is 212 g/mol. The van der Waals surface area contributed by atoms with Gasteiger partial charge in [0.1, 0.15) is 5.75 Å². The lowest BCUT2D eigenvalue weighted by Crippen LogP contribution is -2.20. The summed E-state index contributed by atoms with van der Waals surface area (Å²) >= 11 is 0. The molecule has 2 N–H and O–H groups in total. The SMILES string of the molecule is CNCCCNCc1ccc(OC)c(C)c1C. The second-order valence-corrected chi connectivity index (χ2v) is 4.31. The molecule has 3 heteroatoms. The van der Waals surface area contributed by atoms with Gasteiger partial charge >= 0.3 is 0 Å². The highest BCUT2D eigenvalue weighted by Crippen LogP contribution is 2.23. The second kappa shape index (κ2) is 7.30. The van der Waals surface area contributed by atoms with E-state index in [4.69, 9.17) is 4.74 Å². The number of hydrogen-bond donors (Lipinski definition) is 2. The lowest BCUT2D eigenvalue weighted by atomic mass is 10.0. The van der Waals surface area contributed by atoms with Gasteiger partial charge in [-0.1, -0.05) is 6.07 Å². The predicted molar refractivity (Wildman–Crippen MR) is 72.7 cm³/mol. The molecule has 0 saturated heterocycles. The average molecular weight is 236 g/mol. The molecule has 17 heavy (non-hydrogen) atoms. The molecule has 0 aliphatic heterocycles. The Morgan fingerprint density at radius 1 is 1.12 bits per heavy atom. The molecule has 1 rings (SSSR count). The quantitative estimate of drug-likeness (QED) is 0.711. The average Bonchev–Trinajstić information content (AvgIpc) is 2.34. The van der Waals surface area contributed by atoms with Crippen LogP contribution in [-0.4, -0.2) is 27.2 Å². The summed E-state index contributed by atoms with van der Waals surface area (Å²) in [7, 11) is 3.70. The van der Waals surface area contributed by atoms with Crippen LogP contribution < -0.4 is 15.4 Å². The summed E-state index contributed by atoms with van der Waals surface area (Å²) in [5.41, 5.74) is 3.92. The Hall–Kier alpha value is -1.06.